The zero-order valence-electron chi connectivity index (χ0n) is 12.4. The molecule has 1 aromatic rings. The maximum Gasteiger partial charge on any atom is 0.395 e. The monoisotopic (exact) mass is 391 g/mol. The molecule has 0 bridgehead atoms. The van der Waals surface area contributed by atoms with E-state index in [-0.39, 0.29) is 24.5 Å². The maximum absolute atomic E-state index is 11.9. The summed E-state index contributed by atoms with van der Waals surface area (Å²) in [5, 5.41) is 0. The highest BCUT2D eigenvalue weighted by Crippen LogP contribution is 2.48. The van der Waals surface area contributed by atoms with E-state index in [2.05, 4.69) is 20.5 Å². The number of carbonyl (C=O) groups excluding carboxylic acids is 2. The molecule has 0 aliphatic rings. The lowest BCUT2D eigenvalue weighted by Crippen LogP contribution is -2.28. The molecule has 1 rings (SSSR count). The third-order valence-corrected chi connectivity index (χ3v) is 5.36. The van der Waals surface area contributed by atoms with Gasteiger partial charge >= 0.3 is 13.6 Å². The van der Waals surface area contributed by atoms with E-state index < -0.39 is 19.3 Å². The van der Waals surface area contributed by atoms with Gasteiger partial charge in [0, 0.05) is 16.5 Å². The van der Waals surface area contributed by atoms with Crippen molar-refractivity contribution >= 4 is 35.3 Å². The van der Waals surface area contributed by atoms with Gasteiger partial charge in [0.2, 0.25) is 0 Å². The second-order valence-electron chi connectivity index (χ2n) is 5.19. The first kappa shape index (κ1) is 19.0. The Bertz CT molecular complexity index is 587. The summed E-state index contributed by atoms with van der Waals surface area (Å²) in [4.78, 5) is 33.1. The normalized spacial score (nSPS) is 15.2. The molecule has 2 unspecified atom stereocenters. The van der Waals surface area contributed by atoms with Gasteiger partial charge in [0.05, 0.1) is 6.42 Å². The van der Waals surface area contributed by atoms with Crippen molar-refractivity contribution in [1.82, 2.24) is 0 Å². The van der Waals surface area contributed by atoms with Gasteiger partial charge in [-0.3, -0.25) is 9.59 Å². The van der Waals surface area contributed by atoms with Gasteiger partial charge in [-0.1, -0.05) is 41.9 Å². The number of benzene rings is 1. The van der Waals surface area contributed by atoms with Crippen LogP contribution in [-0.4, -0.2) is 22.4 Å². The van der Waals surface area contributed by atoms with E-state index >= 15 is 0 Å². The molecule has 8 heteroatoms. The summed E-state index contributed by atoms with van der Waals surface area (Å²) in [5.74, 6) is -2.61. The molecule has 1 aromatic carbocycles. The van der Waals surface area contributed by atoms with E-state index in [4.69, 9.17) is 5.73 Å². The molecule has 0 radical (unpaired) electrons. The van der Waals surface area contributed by atoms with Gasteiger partial charge in [0.15, 0.2) is 5.78 Å². The van der Waals surface area contributed by atoms with Gasteiger partial charge in [-0.05, 0) is 18.1 Å². The molecule has 0 saturated heterocycles. The first-order valence-corrected chi connectivity index (χ1v) is 9.16. The molecule has 0 spiro atoms. The molecule has 0 saturated carbocycles. The van der Waals surface area contributed by atoms with Gasteiger partial charge in [-0.15, -0.1) is 0 Å². The molecule has 122 valence electrons. The van der Waals surface area contributed by atoms with Crippen LogP contribution in [0.5, 0.6) is 0 Å². The minimum atomic E-state index is -4.22. The largest absolute Gasteiger partial charge is 0.395 e. The summed E-state index contributed by atoms with van der Waals surface area (Å²) in [7, 11) is -4.22. The number of rotatable bonds is 7. The van der Waals surface area contributed by atoms with Crippen molar-refractivity contribution in [2.75, 3.05) is 0 Å². The molecule has 6 nitrogen and oxygen atoms in total. The lowest BCUT2D eigenvalue weighted by Gasteiger charge is -2.21. The molecule has 0 fully saturated rings. The van der Waals surface area contributed by atoms with Crippen LogP contribution >= 0.6 is 23.5 Å². The van der Waals surface area contributed by atoms with Crippen LogP contribution in [0.15, 0.2) is 28.7 Å². The van der Waals surface area contributed by atoms with Crippen LogP contribution in [0.3, 0.4) is 0 Å². The summed E-state index contributed by atoms with van der Waals surface area (Å²) >= 11 is 3.26. The Morgan fingerprint density at radius 1 is 1.27 bits per heavy atom. The third-order valence-electron chi connectivity index (χ3n) is 3.01. The highest BCUT2D eigenvalue weighted by atomic mass is 79.9. The molecule has 22 heavy (non-hydrogen) atoms. The molecular weight excluding hydrogens is 373 g/mol. The number of hydrogen-bond donors (Lipinski definition) is 2. The molecular formula is C14H19BrNO5P. The highest BCUT2D eigenvalue weighted by molar-refractivity contribution is 9.10. The minimum Gasteiger partial charge on any atom is -0.391 e. The predicted octanol–water partition coefficient (Wildman–Crippen LogP) is 3.08. The fourth-order valence-corrected chi connectivity index (χ4v) is 3.15. The number of nitrogens with two attached hydrogens (primary N) is 1. The molecule has 0 amide bonds. The smallest absolute Gasteiger partial charge is 0.391 e. The number of Topliss-reactive ketones (excluding diaryl/α,β-unsaturated/α-hetero) is 1. The average molecular weight is 392 g/mol. The zero-order chi connectivity index (χ0) is 16.9. The lowest BCUT2D eigenvalue weighted by atomic mass is 10.1. The Kier molecular flexibility index (Phi) is 6.94. The number of halogens is 1. The van der Waals surface area contributed by atoms with Gasteiger partial charge < -0.3 is 15.2 Å². The van der Waals surface area contributed by atoms with Crippen LogP contribution in [0.2, 0.25) is 0 Å². The summed E-state index contributed by atoms with van der Waals surface area (Å²) in [6.07, 6.45) is -0.373. The van der Waals surface area contributed by atoms with E-state index in [1.54, 1.807) is 38.1 Å². The first-order valence-electron chi connectivity index (χ1n) is 6.72. The quantitative estimate of drug-likeness (QED) is 0.546. The van der Waals surface area contributed by atoms with Crippen molar-refractivity contribution in [2.24, 2.45) is 11.7 Å². The van der Waals surface area contributed by atoms with E-state index in [9.17, 15) is 19.0 Å². The van der Waals surface area contributed by atoms with Crippen LogP contribution in [0.1, 0.15) is 37.0 Å². The van der Waals surface area contributed by atoms with Gasteiger partial charge in [0.25, 0.3) is 0 Å². The minimum absolute atomic E-state index is 0.0998. The van der Waals surface area contributed by atoms with Crippen molar-refractivity contribution < 1.29 is 23.6 Å². The molecule has 3 N–H and O–H groups in total. The summed E-state index contributed by atoms with van der Waals surface area (Å²) in [6.45, 7) is 3.30. The number of ketones is 1. The standard InChI is InChI=1S/C14H19BrNO5P/c1-9(2)14(16)22(19,20)21-13(18)8-7-12(17)10-3-5-11(15)6-4-10/h3-6,9,14H,7-8,16H2,1-2H3,(H,19,20). The second-order valence-corrected chi connectivity index (χ2v) is 8.01. The van der Waals surface area contributed by atoms with Crippen LogP contribution < -0.4 is 5.73 Å². The topological polar surface area (TPSA) is 107 Å². The number of hydrogen-bond acceptors (Lipinski definition) is 5. The average Bonchev–Trinajstić information content (AvgIpc) is 2.44. The Hall–Kier alpha value is -1.01. The second kappa shape index (κ2) is 8.02. The predicted molar refractivity (Wildman–Crippen MR) is 86.4 cm³/mol. The summed E-state index contributed by atoms with van der Waals surface area (Å²) in [6, 6.07) is 6.69. The van der Waals surface area contributed by atoms with Crippen LogP contribution in [0.25, 0.3) is 0 Å². The number of carbonyl (C=O) groups is 2. The van der Waals surface area contributed by atoms with Crippen LogP contribution in [-0.2, 0) is 13.9 Å². The van der Waals surface area contributed by atoms with E-state index in [1.165, 1.54) is 0 Å². The maximum atomic E-state index is 11.9. The lowest BCUT2D eigenvalue weighted by molar-refractivity contribution is -0.134. The van der Waals surface area contributed by atoms with Crippen molar-refractivity contribution in [3.05, 3.63) is 34.3 Å². The molecule has 0 aromatic heterocycles. The molecule has 0 heterocycles. The Morgan fingerprint density at radius 2 is 1.82 bits per heavy atom. The zero-order valence-corrected chi connectivity index (χ0v) is 14.8. The van der Waals surface area contributed by atoms with Crippen LogP contribution in [0.4, 0.5) is 0 Å². The van der Waals surface area contributed by atoms with E-state index in [0.29, 0.717) is 5.56 Å². The van der Waals surface area contributed by atoms with E-state index in [1.807, 2.05) is 0 Å². The van der Waals surface area contributed by atoms with Crippen molar-refractivity contribution in [1.29, 1.82) is 0 Å². The Balaban J connectivity index is 2.54. The molecule has 2 atom stereocenters. The Morgan fingerprint density at radius 3 is 2.32 bits per heavy atom. The molecule has 0 aliphatic carbocycles. The SMILES string of the molecule is CC(C)C(N)P(=O)(O)OC(=O)CCC(=O)c1ccc(Br)cc1. The van der Waals surface area contributed by atoms with Crippen molar-refractivity contribution in [3.63, 3.8) is 0 Å². The highest BCUT2D eigenvalue weighted by Gasteiger charge is 2.34. The van der Waals surface area contributed by atoms with Gasteiger partial charge in [-0.25, -0.2) is 4.57 Å². The van der Waals surface area contributed by atoms with Crippen molar-refractivity contribution in [2.45, 2.75) is 32.5 Å². The first-order chi connectivity index (χ1) is 10.1. The van der Waals surface area contributed by atoms with Crippen LogP contribution in [0, 0.1) is 5.92 Å². The summed E-state index contributed by atoms with van der Waals surface area (Å²) < 4.78 is 17.2. The Labute approximate surface area is 137 Å². The van der Waals surface area contributed by atoms with Crippen molar-refractivity contribution in [3.8, 4) is 0 Å². The third kappa shape index (κ3) is 5.65. The molecule has 0 aliphatic heterocycles. The van der Waals surface area contributed by atoms with Gasteiger partial charge in [-0.2, -0.15) is 0 Å². The van der Waals surface area contributed by atoms with E-state index in [0.717, 1.165) is 4.47 Å². The summed E-state index contributed by atoms with van der Waals surface area (Å²) in [5.41, 5.74) is 6.00. The fraction of sp³-hybridized carbons (Fsp3) is 0.429. The van der Waals surface area contributed by atoms with Gasteiger partial charge in [0.1, 0.15) is 5.78 Å². The fourth-order valence-electron chi connectivity index (χ4n) is 1.62.